The quantitative estimate of drug-likeness (QED) is 0.471. The topological polar surface area (TPSA) is 84.2 Å². The molecule has 0 bridgehead atoms. The van der Waals surface area contributed by atoms with Gasteiger partial charge in [-0.05, 0) is 6.42 Å². The fourth-order valence-corrected chi connectivity index (χ4v) is 1.23. The molecule has 0 spiro atoms. The standard InChI is InChI=1S/C9H13N3O2/c1-2-3-6(10)8(13)12-7-4-5-11-9(7)14/h1,6-7H,3-5,10H2,(H,11,14)(H,12,13)/t6?,7-/m0/s1. The lowest BCUT2D eigenvalue weighted by molar-refractivity contribution is -0.128. The van der Waals surface area contributed by atoms with Gasteiger partial charge in [-0.15, -0.1) is 12.3 Å². The number of amides is 2. The summed E-state index contributed by atoms with van der Waals surface area (Å²) in [6.07, 6.45) is 5.80. The SMILES string of the molecule is C#CCC(N)C(=O)N[C@H]1CCNC1=O. The van der Waals surface area contributed by atoms with E-state index < -0.39 is 12.1 Å². The van der Waals surface area contributed by atoms with E-state index in [1.54, 1.807) is 0 Å². The average molecular weight is 195 g/mol. The Bertz CT molecular complexity index is 282. The van der Waals surface area contributed by atoms with Gasteiger partial charge >= 0.3 is 0 Å². The van der Waals surface area contributed by atoms with Gasteiger partial charge in [-0.2, -0.15) is 0 Å². The zero-order valence-corrected chi connectivity index (χ0v) is 7.75. The summed E-state index contributed by atoms with van der Waals surface area (Å²) in [5.41, 5.74) is 5.47. The van der Waals surface area contributed by atoms with Crippen molar-refractivity contribution in [2.24, 2.45) is 5.73 Å². The van der Waals surface area contributed by atoms with Gasteiger partial charge in [0.05, 0.1) is 6.04 Å². The molecule has 1 aliphatic heterocycles. The molecule has 1 saturated heterocycles. The van der Waals surface area contributed by atoms with Crippen LogP contribution in [0.4, 0.5) is 0 Å². The Hall–Kier alpha value is -1.54. The first-order valence-electron chi connectivity index (χ1n) is 4.42. The highest BCUT2D eigenvalue weighted by Crippen LogP contribution is 1.99. The van der Waals surface area contributed by atoms with Crippen LogP contribution in [0.2, 0.25) is 0 Å². The molecule has 4 N–H and O–H groups in total. The predicted molar refractivity (Wildman–Crippen MR) is 51.0 cm³/mol. The third-order valence-electron chi connectivity index (χ3n) is 2.04. The Labute approximate surface area is 82.4 Å². The van der Waals surface area contributed by atoms with Crippen molar-refractivity contribution in [3.63, 3.8) is 0 Å². The highest BCUT2D eigenvalue weighted by atomic mass is 16.2. The maximum atomic E-state index is 11.3. The Balaban J connectivity index is 2.40. The second-order valence-electron chi connectivity index (χ2n) is 3.16. The molecule has 1 aliphatic rings. The van der Waals surface area contributed by atoms with Crippen molar-refractivity contribution < 1.29 is 9.59 Å². The molecule has 1 rings (SSSR count). The number of nitrogens with two attached hydrogens (primary N) is 1. The summed E-state index contributed by atoms with van der Waals surface area (Å²) >= 11 is 0. The second-order valence-corrected chi connectivity index (χ2v) is 3.16. The fraction of sp³-hybridized carbons (Fsp3) is 0.556. The maximum Gasteiger partial charge on any atom is 0.242 e. The summed E-state index contributed by atoms with van der Waals surface area (Å²) in [7, 11) is 0. The minimum Gasteiger partial charge on any atom is -0.354 e. The third-order valence-corrected chi connectivity index (χ3v) is 2.04. The summed E-state index contributed by atoms with van der Waals surface area (Å²) < 4.78 is 0. The summed E-state index contributed by atoms with van der Waals surface area (Å²) in [6.45, 7) is 0.591. The fourth-order valence-electron chi connectivity index (χ4n) is 1.23. The van der Waals surface area contributed by atoms with Gasteiger partial charge in [-0.25, -0.2) is 0 Å². The first-order chi connectivity index (χ1) is 6.65. The normalized spacial score (nSPS) is 22.3. The van der Waals surface area contributed by atoms with Crippen LogP contribution in [-0.4, -0.2) is 30.4 Å². The van der Waals surface area contributed by atoms with Gasteiger partial charge < -0.3 is 16.4 Å². The molecule has 0 aromatic carbocycles. The van der Waals surface area contributed by atoms with Gasteiger partial charge in [-0.1, -0.05) is 0 Å². The van der Waals surface area contributed by atoms with Crippen LogP contribution in [0, 0.1) is 12.3 Å². The van der Waals surface area contributed by atoms with Crippen LogP contribution < -0.4 is 16.4 Å². The summed E-state index contributed by atoms with van der Waals surface area (Å²) in [5, 5.41) is 5.15. The molecule has 0 aliphatic carbocycles. The number of carbonyl (C=O) groups excluding carboxylic acids is 2. The first-order valence-corrected chi connectivity index (χ1v) is 4.42. The molecule has 0 saturated carbocycles. The molecule has 0 aromatic heterocycles. The molecule has 2 atom stereocenters. The molecule has 2 amide bonds. The van der Waals surface area contributed by atoms with E-state index in [-0.39, 0.29) is 18.2 Å². The van der Waals surface area contributed by atoms with E-state index in [9.17, 15) is 9.59 Å². The van der Waals surface area contributed by atoms with Gasteiger partial charge in [0, 0.05) is 13.0 Å². The predicted octanol–water partition coefficient (Wildman–Crippen LogP) is -1.66. The molecule has 1 fully saturated rings. The van der Waals surface area contributed by atoms with Crippen LogP contribution in [-0.2, 0) is 9.59 Å². The van der Waals surface area contributed by atoms with Crippen molar-refractivity contribution >= 4 is 11.8 Å². The van der Waals surface area contributed by atoms with E-state index in [1.165, 1.54) is 0 Å². The van der Waals surface area contributed by atoms with E-state index in [1.807, 2.05) is 0 Å². The molecule has 0 aromatic rings. The van der Waals surface area contributed by atoms with Crippen LogP contribution in [0.15, 0.2) is 0 Å². The number of hydrogen-bond acceptors (Lipinski definition) is 3. The summed E-state index contributed by atoms with van der Waals surface area (Å²) in [5.74, 6) is 1.77. The molecular weight excluding hydrogens is 182 g/mol. The Morgan fingerprint density at radius 2 is 2.57 bits per heavy atom. The Morgan fingerprint density at radius 3 is 3.07 bits per heavy atom. The molecule has 76 valence electrons. The number of nitrogens with one attached hydrogen (secondary N) is 2. The molecule has 5 nitrogen and oxygen atoms in total. The van der Waals surface area contributed by atoms with Crippen molar-refractivity contribution in [1.82, 2.24) is 10.6 Å². The number of terminal acetylenes is 1. The van der Waals surface area contributed by atoms with Crippen LogP contribution >= 0.6 is 0 Å². The number of hydrogen-bond donors (Lipinski definition) is 3. The molecule has 1 heterocycles. The Kier molecular flexibility index (Phi) is 3.48. The minimum absolute atomic E-state index is 0.161. The third kappa shape index (κ3) is 2.47. The monoisotopic (exact) mass is 195 g/mol. The lowest BCUT2D eigenvalue weighted by Gasteiger charge is -2.13. The van der Waals surface area contributed by atoms with Crippen molar-refractivity contribution in [3.05, 3.63) is 0 Å². The van der Waals surface area contributed by atoms with Gasteiger partial charge in [0.15, 0.2) is 0 Å². The molecule has 14 heavy (non-hydrogen) atoms. The Morgan fingerprint density at radius 1 is 1.86 bits per heavy atom. The van der Waals surface area contributed by atoms with Crippen molar-refractivity contribution in [3.8, 4) is 12.3 Å². The van der Waals surface area contributed by atoms with E-state index in [4.69, 9.17) is 12.2 Å². The highest BCUT2D eigenvalue weighted by molar-refractivity contribution is 5.90. The van der Waals surface area contributed by atoms with Crippen molar-refractivity contribution in [2.45, 2.75) is 24.9 Å². The number of carbonyl (C=O) groups is 2. The average Bonchev–Trinajstić information content (AvgIpc) is 2.52. The van der Waals surface area contributed by atoms with E-state index in [0.717, 1.165) is 0 Å². The largest absolute Gasteiger partial charge is 0.354 e. The smallest absolute Gasteiger partial charge is 0.242 e. The minimum atomic E-state index is -0.728. The van der Waals surface area contributed by atoms with E-state index in [0.29, 0.717) is 13.0 Å². The van der Waals surface area contributed by atoms with Gasteiger partial charge in [-0.3, -0.25) is 9.59 Å². The van der Waals surface area contributed by atoms with Crippen LogP contribution in [0.1, 0.15) is 12.8 Å². The summed E-state index contributed by atoms with van der Waals surface area (Å²) in [6, 6.07) is -1.18. The van der Waals surface area contributed by atoms with Crippen LogP contribution in [0.3, 0.4) is 0 Å². The first kappa shape index (κ1) is 10.5. The van der Waals surface area contributed by atoms with Gasteiger partial charge in [0.1, 0.15) is 6.04 Å². The zero-order valence-electron chi connectivity index (χ0n) is 7.75. The van der Waals surface area contributed by atoms with Gasteiger partial charge in [0.2, 0.25) is 11.8 Å². The molecule has 0 radical (unpaired) electrons. The summed E-state index contributed by atoms with van der Waals surface area (Å²) in [4.78, 5) is 22.4. The van der Waals surface area contributed by atoms with E-state index >= 15 is 0 Å². The zero-order chi connectivity index (χ0) is 10.6. The lowest BCUT2D eigenvalue weighted by atomic mass is 10.2. The molecule has 5 heteroatoms. The second kappa shape index (κ2) is 4.63. The van der Waals surface area contributed by atoms with Crippen LogP contribution in [0.5, 0.6) is 0 Å². The van der Waals surface area contributed by atoms with Crippen LogP contribution in [0.25, 0.3) is 0 Å². The van der Waals surface area contributed by atoms with Crippen molar-refractivity contribution in [1.29, 1.82) is 0 Å². The molecular formula is C9H13N3O2. The highest BCUT2D eigenvalue weighted by Gasteiger charge is 2.26. The van der Waals surface area contributed by atoms with Crippen molar-refractivity contribution in [2.75, 3.05) is 6.54 Å². The number of rotatable bonds is 3. The van der Waals surface area contributed by atoms with Gasteiger partial charge in [0.25, 0.3) is 0 Å². The molecule has 1 unspecified atom stereocenters. The lowest BCUT2D eigenvalue weighted by Crippen LogP contribution is -2.47. The maximum absolute atomic E-state index is 11.3. The van der Waals surface area contributed by atoms with E-state index in [2.05, 4.69) is 16.6 Å².